The zero-order valence-electron chi connectivity index (χ0n) is 21.8. The highest BCUT2D eigenvalue weighted by Gasteiger charge is 2.66. The van der Waals surface area contributed by atoms with Gasteiger partial charge in [-0.15, -0.1) is 0 Å². The quantitative estimate of drug-likeness (QED) is 0.363. The van der Waals surface area contributed by atoms with Crippen LogP contribution < -0.4 is 0 Å². The maximum Gasteiger partial charge on any atom is 0.400 e. The fourth-order valence-electron chi connectivity index (χ4n) is 8.17. The average Bonchev–Trinajstić information content (AvgIpc) is 3.17. The highest BCUT2D eigenvalue weighted by molar-refractivity contribution is 7.86. The molecule has 5 unspecified atom stereocenters. The van der Waals surface area contributed by atoms with Crippen LogP contribution in [-0.4, -0.2) is 54.3 Å². The molecule has 4 aliphatic carbocycles. The molecule has 9 atom stereocenters. The summed E-state index contributed by atoms with van der Waals surface area (Å²) in [7, 11) is -5.97. The summed E-state index contributed by atoms with van der Waals surface area (Å²) in [5.74, 6) is -2.78. The van der Waals surface area contributed by atoms with Crippen molar-refractivity contribution in [1.82, 2.24) is 0 Å². The number of ether oxygens (including phenoxy) is 1. The third kappa shape index (κ3) is 4.43. The number of esters is 1. The van der Waals surface area contributed by atoms with Gasteiger partial charge in [-0.3, -0.25) is 23.7 Å². The van der Waals surface area contributed by atoms with Crippen molar-refractivity contribution in [2.75, 3.05) is 6.61 Å². The van der Waals surface area contributed by atoms with Crippen LogP contribution in [0.4, 0.5) is 13.2 Å². The van der Waals surface area contributed by atoms with Gasteiger partial charge in [-0.2, -0.15) is 17.2 Å². The summed E-state index contributed by atoms with van der Waals surface area (Å²) in [5.41, 5.74) is -1.25. The number of Topliss-reactive ketones (excluding diaryl/α,β-unsaturated/α-hetero) is 3. The van der Waals surface area contributed by atoms with Crippen molar-refractivity contribution in [3.63, 3.8) is 0 Å². The lowest BCUT2D eigenvalue weighted by Gasteiger charge is -2.58. The second-order valence-corrected chi connectivity index (χ2v) is 13.7. The lowest BCUT2D eigenvalue weighted by Crippen LogP contribution is -2.60. The van der Waals surface area contributed by atoms with Crippen molar-refractivity contribution in [2.24, 2.45) is 46.3 Å². The van der Waals surface area contributed by atoms with Crippen LogP contribution >= 0.6 is 0 Å². The number of ketones is 3. The molecule has 4 fully saturated rings. The van der Waals surface area contributed by atoms with Gasteiger partial charge in [0, 0.05) is 43.4 Å². The summed E-state index contributed by atoms with van der Waals surface area (Å²) in [6.45, 7) is 4.60. The summed E-state index contributed by atoms with van der Waals surface area (Å²) in [6, 6.07) is 0. The zero-order chi connectivity index (χ0) is 28.4. The van der Waals surface area contributed by atoms with Gasteiger partial charge >= 0.3 is 21.3 Å². The minimum atomic E-state index is -5.97. The van der Waals surface area contributed by atoms with Gasteiger partial charge in [-0.05, 0) is 48.3 Å². The Morgan fingerprint density at radius 3 is 2.42 bits per heavy atom. The lowest BCUT2D eigenvalue weighted by atomic mass is 9.44. The Morgan fingerprint density at radius 1 is 1.13 bits per heavy atom. The van der Waals surface area contributed by atoms with Crippen LogP contribution in [0, 0.1) is 46.3 Å². The van der Waals surface area contributed by atoms with E-state index in [4.69, 9.17) is 9.29 Å². The molecule has 4 aliphatic rings. The first kappa shape index (κ1) is 29.2. The molecule has 4 rings (SSSR count). The molecule has 0 aliphatic heterocycles. The number of carbonyl (C=O) groups excluding carboxylic acids is 4. The van der Waals surface area contributed by atoms with Crippen LogP contribution in [-0.2, 0) is 34.0 Å². The predicted octanol–water partition coefficient (Wildman–Crippen LogP) is 3.96. The minimum Gasteiger partial charge on any atom is -0.465 e. The molecule has 12 heteroatoms. The van der Waals surface area contributed by atoms with E-state index in [1.165, 1.54) is 0 Å². The van der Waals surface area contributed by atoms with Crippen molar-refractivity contribution >= 4 is 33.4 Å². The van der Waals surface area contributed by atoms with E-state index in [1.54, 1.807) is 13.8 Å². The summed E-state index contributed by atoms with van der Waals surface area (Å²) < 4.78 is 75.5. The lowest BCUT2D eigenvalue weighted by molar-refractivity contribution is -0.168. The van der Waals surface area contributed by atoms with Crippen molar-refractivity contribution < 1.29 is 50.1 Å². The van der Waals surface area contributed by atoms with E-state index in [1.807, 2.05) is 0 Å². The molecule has 8 nitrogen and oxygen atoms in total. The topological polar surface area (TPSA) is 132 Å². The Kier molecular flexibility index (Phi) is 7.43. The first-order chi connectivity index (χ1) is 17.5. The molecular formula is C26H35F3O8S. The Balaban J connectivity index is 1.46. The van der Waals surface area contributed by atoms with E-state index < -0.39 is 57.8 Å². The van der Waals surface area contributed by atoms with Gasteiger partial charge in [0.15, 0.2) is 6.17 Å². The van der Waals surface area contributed by atoms with Crippen molar-refractivity contribution in [3.05, 3.63) is 0 Å². The third-order valence-corrected chi connectivity index (χ3v) is 11.5. The monoisotopic (exact) mass is 564 g/mol. The summed E-state index contributed by atoms with van der Waals surface area (Å²) in [4.78, 5) is 52.0. The minimum absolute atomic E-state index is 0.0332. The molecule has 0 aromatic rings. The molecule has 0 radical (unpaired) electrons. The Labute approximate surface area is 220 Å². The molecular weight excluding hydrogens is 529 g/mol. The van der Waals surface area contributed by atoms with Gasteiger partial charge in [0.05, 0.1) is 12.5 Å². The fourth-order valence-corrected chi connectivity index (χ4v) is 8.61. The first-order valence-electron chi connectivity index (χ1n) is 13.2. The summed E-state index contributed by atoms with van der Waals surface area (Å²) in [6.07, 6.45) is -1.42. The van der Waals surface area contributed by atoms with Gasteiger partial charge in [-0.1, -0.05) is 20.8 Å². The molecule has 0 bridgehead atoms. The Bertz CT molecular complexity index is 1140. The van der Waals surface area contributed by atoms with Crippen LogP contribution in [0.15, 0.2) is 0 Å². The standard InChI is InChI=1S/C26H35F3O8S/c1-13(23(33)37-9-7-20(27)26(28,29)38(34,35)36)16-4-5-17-22-18(12-21(32)25(16,17)3)24(2)8-6-15(30)10-14(24)11-19(22)31/h13-14,16-18,20,22H,4-12H2,1-3H3,(H,34,35,36)/t13-,14?,16+,17?,18?,20?,22?,24-,25+/m0/s1. The number of hydrogen-bond donors (Lipinski definition) is 1. The van der Waals surface area contributed by atoms with Crippen molar-refractivity contribution in [2.45, 2.75) is 83.6 Å². The van der Waals surface area contributed by atoms with Crippen LogP contribution in [0.5, 0.6) is 0 Å². The summed E-state index contributed by atoms with van der Waals surface area (Å²) >= 11 is 0. The van der Waals surface area contributed by atoms with Gasteiger partial charge in [0.1, 0.15) is 17.3 Å². The second-order valence-electron chi connectivity index (χ2n) is 12.2. The number of rotatable bonds is 7. The van der Waals surface area contributed by atoms with Gasteiger partial charge in [-0.25, -0.2) is 4.39 Å². The van der Waals surface area contributed by atoms with Crippen molar-refractivity contribution in [1.29, 1.82) is 0 Å². The zero-order valence-corrected chi connectivity index (χ0v) is 22.6. The van der Waals surface area contributed by atoms with E-state index in [9.17, 15) is 40.8 Å². The Morgan fingerprint density at radius 2 is 1.79 bits per heavy atom. The maximum atomic E-state index is 13.8. The SMILES string of the molecule is C[C@H](C(=O)OCCC(F)C(F)(F)S(=O)(=O)O)[C@H]1CCC2C3C(=O)CC4CC(=O)CC[C@]4(C)C3CC(=O)[C@@]21C. The number of carbonyl (C=O) groups is 4. The molecule has 0 saturated heterocycles. The molecule has 0 amide bonds. The van der Waals surface area contributed by atoms with Crippen LogP contribution in [0.1, 0.15) is 72.1 Å². The van der Waals surface area contributed by atoms with Gasteiger partial charge in [0.25, 0.3) is 0 Å². The smallest absolute Gasteiger partial charge is 0.400 e. The van der Waals surface area contributed by atoms with E-state index in [0.29, 0.717) is 38.5 Å². The summed E-state index contributed by atoms with van der Waals surface area (Å²) in [5, 5.41) is -5.03. The van der Waals surface area contributed by atoms with Crippen LogP contribution in [0.2, 0.25) is 0 Å². The molecule has 1 N–H and O–H groups in total. The highest BCUT2D eigenvalue weighted by atomic mass is 32.2. The largest absolute Gasteiger partial charge is 0.465 e. The normalized spacial score (nSPS) is 39.1. The molecule has 4 saturated carbocycles. The predicted molar refractivity (Wildman–Crippen MR) is 127 cm³/mol. The number of hydrogen-bond acceptors (Lipinski definition) is 7. The fraction of sp³-hybridized carbons (Fsp3) is 0.846. The second kappa shape index (κ2) is 9.67. The molecule has 0 aromatic heterocycles. The number of halogens is 3. The van der Waals surface area contributed by atoms with Crippen molar-refractivity contribution in [3.8, 4) is 0 Å². The molecule has 214 valence electrons. The van der Waals surface area contributed by atoms with Crippen LogP contribution in [0.3, 0.4) is 0 Å². The molecule has 0 heterocycles. The van der Waals surface area contributed by atoms with E-state index in [0.717, 1.165) is 0 Å². The Hall–Kier alpha value is -1.82. The van der Waals surface area contributed by atoms with Gasteiger partial charge < -0.3 is 4.74 Å². The number of alkyl halides is 3. The molecule has 0 spiro atoms. The molecule has 0 aromatic carbocycles. The first-order valence-corrected chi connectivity index (χ1v) is 14.6. The third-order valence-electron chi connectivity index (χ3n) is 10.5. The van der Waals surface area contributed by atoms with E-state index >= 15 is 0 Å². The van der Waals surface area contributed by atoms with Crippen LogP contribution in [0.25, 0.3) is 0 Å². The molecule has 38 heavy (non-hydrogen) atoms. The maximum absolute atomic E-state index is 13.8. The van der Waals surface area contributed by atoms with Gasteiger partial charge in [0.2, 0.25) is 0 Å². The highest BCUT2D eigenvalue weighted by Crippen LogP contribution is 2.66. The van der Waals surface area contributed by atoms with E-state index in [2.05, 4.69) is 6.92 Å². The average molecular weight is 565 g/mol. The van der Waals surface area contributed by atoms with E-state index in [-0.39, 0.29) is 52.9 Å². The number of fused-ring (bicyclic) bond motifs is 5.